The topological polar surface area (TPSA) is 226 Å². The first-order chi connectivity index (χ1) is 31.8. The van der Waals surface area contributed by atoms with Gasteiger partial charge in [0.05, 0.1) is 31.3 Å². The lowest BCUT2D eigenvalue weighted by Crippen LogP contribution is -2.64. The van der Waals surface area contributed by atoms with E-state index in [9.17, 15) is 50.0 Å². The van der Waals surface area contributed by atoms with Crippen molar-refractivity contribution in [2.24, 2.45) is 0 Å². The molecule has 0 aromatic rings. The summed E-state index contributed by atoms with van der Waals surface area (Å²) in [5, 5.41) is 74.6. The molecule has 1 fully saturated rings. The van der Waals surface area contributed by atoms with Gasteiger partial charge in [0.15, 0.2) is 0 Å². The minimum Gasteiger partial charge on any atom is -0.393 e. The molecular weight excluding hydrogens is 862 g/mol. The van der Waals surface area contributed by atoms with Gasteiger partial charge in [0.2, 0.25) is 5.91 Å². The van der Waals surface area contributed by atoms with Crippen LogP contribution in [0.1, 0.15) is 213 Å². The second-order valence-corrected chi connectivity index (χ2v) is 20.0. The molecule has 13 nitrogen and oxygen atoms in total. The van der Waals surface area contributed by atoms with Crippen LogP contribution in [0.25, 0.3) is 0 Å². The molecule has 1 rings (SSSR count). The number of unbranched alkanes of at least 4 members (excludes halogenated alkanes) is 24. The van der Waals surface area contributed by atoms with E-state index in [1.54, 1.807) is 6.08 Å². The van der Waals surface area contributed by atoms with Crippen molar-refractivity contribution in [1.29, 1.82) is 0 Å². The number of rotatable bonds is 43. The molecule has 8 atom stereocenters. The molecule has 0 aromatic carbocycles. The van der Waals surface area contributed by atoms with E-state index < -0.39 is 75.2 Å². The third-order valence-electron chi connectivity index (χ3n) is 12.4. The number of carbonyl (C=O) groups is 1. The summed E-state index contributed by atoms with van der Waals surface area (Å²) in [6, 6.07) is -1.26. The quantitative estimate of drug-likeness (QED) is 0.0158. The summed E-state index contributed by atoms with van der Waals surface area (Å²) in [6.07, 6.45) is 36.3. The van der Waals surface area contributed by atoms with Crippen molar-refractivity contribution in [3.05, 3.63) is 48.6 Å². The first-order valence-electron chi connectivity index (χ1n) is 26.2. The highest BCUT2D eigenvalue weighted by Gasteiger charge is 2.51. The Morgan fingerprint density at radius 3 is 1.42 bits per heavy atom. The first-order valence-corrected chi connectivity index (χ1v) is 27.7. The van der Waals surface area contributed by atoms with Gasteiger partial charge in [-0.25, -0.2) is 4.57 Å². The van der Waals surface area contributed by atoms with E-state index in [0.717, 1.165) is 70.6 Å². The van der Waals surface area contributed by atoms with Crippen LogP contribution < -0.4 is 5.32 Å². The minimum absolute atomic E-state index is 0.263. The molecule has 0 aliphatic heterocycles. The third kappa shape index (κ3) is 32.1. The van der Waals surface area contributed by atoms with Crippen molar-refractivity contribution in [1.82, 2.24) is 5.32 Å². The Hall–Kier alpha value is -1.74. The number of hydrogen-bond donors (Lipinski definition) is 9. The highest BCUT2D eigenvalue weighted by atomic mass is 31.2. The zero-order valence-corrected chi connectivity index (χ0v) is 42.0. The van der Waals surface area contributed by atoms with Crippen molar-refractivity contribution in [3.8, 4) is 0 Å². The van der Waals surface area contributed by atoms with Crippen LogP contribution in [-0.4, -0.2) is 108 Å². The number of phosphoric acid groups is 1. The van der Waals surface area contributed by atoms with Gasteiger partial charge in [-0.05, 0) is 64.2 Å². The average Bonchev–Trinajstić information content (AvgIpc) is 3.29. The van der Waals surface area contributed by atoms with Gasteiger partial charge in [-0.15, -0.1) is 0 Å². The Balaban J connectivity index is 2.49. The summed E-state index contributed by atoms with van der Waals surface area (Å²) < 4.78 is 22.9. The van der Waals surface area contributed by atoms with E-state index in [0.29, 0.717) is 12.8 Å². The number of aliphatic hydroxyl groups excluding tert-OH is 7. The maximum absolute atomic E-state index is 13.0. The SMILES string of the molecule is CCCCCCCCCCC/C=C\C/C=C\CCCCCCCC(O)CC(=O)NC(COP(=O)(O)OC1C(O)C(O)C(O)C(O)C1O)C(O)/C=C/CC/C=C/CCCCCCCCCCC. The molecular formula is C52H96NO12P. The molecule has 1 aliphatic rings. The number of phosphoric ester groups is 1. The molecule has 1 aliphatic carbocycles. The molecule has 9 N–H and O–H groups in total. The fourth-order valence-electron chi connectivity index (χ4n) is 8.11. The van der Waals surface area contributed by atoms with Gasteiger partial charge in [0.1, 0.15) is 36.6 Å². The Morgan fingerprint density at radius 2 is 0.939 bits per heavy atom. The van der Waals surface area contributed by atoms with Gasteiger partial charge >= 0.3 is 7.82 Å². The molecule has 66 heavy (non-hydrogen) atoms. The molecule has 0 spiro atoms. The normalized spacial score (nSPS) is 22.8. The highest BCUT2D eigenvalue weighted by molar-refractivity contribution is 7.47. The van der Waals surface area contributed by atoms with Crippen LogP contribution in [0.3, 0.4) is 0 Å². The predicted molar refractivity (Wildman–Crippen MR) is 266 cm³/mol. The van der Waals surface area contributed by atoms with Crippen LogP contribution >= 0.6 is 7.82 Å². The Labute approximate surface area is 399 Å². The Bertz CT molecular complexity index is 1310. The van der Waals surface area contributed by atoms with E-state index in [2.05, 4.69) is 55.6 Å². The van der Waals surface area contributed by atoms with Gasteiger partial charge in [-0.3, -0.25) is 13.8 Å². The molecule has 1 saturated carbocycles. The van der Waals surface area contributed by atoms with E-state index in [1.165, 1.54) is 115 Å². The summed E-state index contributed by atoms with van der Waals surface area (Å²) in [7, 11) is -5.16. The average molecular weight is 958 g/mol. The van der Waals surface area contributed by atoms with Crippen LogP contribution in [-0.2, 0) is 18.4 Å². The summed E-state index contributed by atoms with van der Waals surface area (Å²) >= 11 is 0. The largest absolute Gasteiger partial charge is 0.472 e. The number of aliphatic hydroxyl groups is 7. The smallest absolute Gasteiger partial charge is 0.393 e. The predicted octanol–water partition coefficient (Wildman–Crippen LogP) is 9.87. The molecule has 0 aromatic heterocycles. The monoisotopic (exact) mass is 958 g/mol. The van der Waals surface area contributed by atoms with Gasteiger partial charge in [-0.2, -0.15) is 0 Å². The van der Waals surface area contributed by atoms with Crippen molar-refractivity contribution < 1.29 is 59.0 Å². The van der Waals surface area contributed by atoms with Crippen molar-refractivity contribution >= 4 is 13.7 Å². The maximum atomic E-state index is 13.0. The zero-order chi connectivity index (χ0) is 48.7. The molecule has 8 unspecified atom stereocenters. The van der Waals surface area contributed by atoms with Crippen molar-refractivity contribution in [3.63, 3.8) is 0 Å². The number of amides is 1. The van der Waals surface area contributed by atoms with E-state index in [4.69, 9.17) is 9.05 Å². The summed E-state index contributed by atoms with van der Waals surface area (Å²) in [6.45, 7) is 3.73. The van der Waals surface area contributed by atoms with E-state index >= 15 is 0 Å². The lowest BCUT2D eigenvalue weighted by molar-refractivity contribution is -0.220. The summed E-state index contributed by atoms with van der Waals surface area (Å²) in [5.41, 5.74) is 0. The number of carbonyl (C=O) groups excluding carboxylic acids is 1. The van der Waals surface area contributed by atoms with Crippen molar-refractivity contribution in [2.75, 3.05) is 6.61 Å². The Kier molecular flexibility index (Phi) is 38.8. The van der Waals surface area contributed by atoms with Gasteiger partial charge in [0, 0.05) is 0 Å². The van der Waals surface area contributed by atoms with Gasteiger partial charge in [-0.1, -0.05) is 191 Å². The molecule has 0 bridgehead atoms. The van der Waals surface area contributed by atoms with E-state index in [-0.39, 0.29) is 6.42 Å². The standard InChI is InChI=1S/C52H96NO12P/c1-3-5-7-9-11-13-15-17-19-20-21-22-23-24-26-27-29-31-33-35-37-39-43(54)41-46(56)53-44(42-64-66(62,63)65-52-50(60)48(58)47(57)49(59)51(52)61)45(55)40-38-36-34-32-30-28-25-18-16-14-12-10-8-6-4-2/h21-22,24,26,30,32,38,40,43-45,47-52,54-55,57-61H,3-20,23,25,27-29,31,33-37,39,41-42H2,1-2H3,(H,53,56)(H,62,63)/b22-21-,26-24-,32-30+,40-38+. The highest BCUT2D eigenvalue weighted by Crippen LogP contribution is 2.47. The minimum atomic E-state index is -5.16. The third-order valence-corrected chi connectivity index (χ3v) is 13.4. The molecule has 14 heteroatoms. The molecule has 0 saturated heterocycles. The Morgan fingerprint density at radius 1 is 0.545 bits per heavy atom. The fraction of sp³-hybridized carbons (Fsp3) is 0.827. The second kappa shape index (κ2) is 41.1. The molecule has 386 valence electrons. The second-order valence-electron chi connectivity index (χ2n) is 18.5. The first kappa shape index (κ1) is 62.3. The van der Waals surface area contributed by atoms with Crippen LogP contribution in [0.5, 0.6) is 0 Å². The molecule has 1 amide bonds. The maximum Gasteiger partial charge on any atom is 0.472 e. The molecule has 0 radical (unpaired) electrons. The van der Waals surface area contributed by atoms with Gasteiger partial charge < -0.3 is 46.0 Å². The summed E-state index contributed by atoms with van der Waals surface area (Å²) in [4.78, 5) is 23.5. The lowest BCUT2D eigenvalue weighted by atomic mass is 9.85. The number of hydrogen-bond acceptors (Lipinski definition) is 11. The number of nitrogens with one attached hydrogen (secondary N) is 1. The van der Waals surface area contributed by atoms with Crippen LogP contribution in [0, 0.1) is 0 Å². The van der Waals surface area contributed by atoms with Crippen molar-refractivity contribution in [2.45, 2.75) is 268 Å². The number of allylic oxidation sites excluding steroid dienone is 7. The lowest BCUT2D eigenvalue weighted by Gasteiger charge is -2.41. The fourth-order valence-corrected chi connectivity index (χ4v) is 9.08. The van der Waals surface area contributed by atoms with Crippen LogP contribution in [0.15, 0.2) is 48.6 Å². The summed E-state index contributed by atoms with van der Waals surface area (Å²) in [5.74, 6) is -0.611. The van der Waals surface area contributed by atoms with Crippen LogP contribution in [0.2, 0.25) is 0 Å². The van der Waals surface area contributed by atoms with Gasteiger partial charge in [0.25, 0.3) is 0 Å². The molecule has 0 heterocycles. The van der Waals surface area contributed by atoms with E-state index in [1.807, 2.05) is 0 Å². The zero-order valence-electron chi connectivity index (χ0n) is 41.1. The van der Waals surface area contributed by atoms with Crippen LogP contribution in [0.4, 0.5) is 0 Å².